The van der Waals surface area contributed by atoms with Crippen molar-refractivity contribution in [2.45, 2.75) is 24.5 Å². The van der Waals surface area contributed by atoms with Crippen LogP contribution in [-0.4, -0.2) is 40.2 Å². The van der Waals surface area contributed by atoms with Crippen molar-refractivity contribution in [2.24, 2.45) is 4.99 Å². The van der Waals surface area contributed by atoms with Crippen LogP contribution >= 0.6 is 35.0 Å². The van der Waals surface area contributed by atoms with Gasteiger partial charge in [0.1, 0.15) is 0 Å². The molecule has 8 heteroatoms. The quantitative estimate of drug-likeness (QED) is 0.397. The van der Waals surface area contributed by atoms with E-state index >= 15 is 0 Å². The molecule has 0 aromatic heterocycles. The number of benzene rings is 3. The van der Waals surface area contributed by atoms with Crippen molar-refractivity contribution >= 4 is 57.6 Å². The lowest BCUT2D eigenvalue weighted by molar-refractivity contribution is -0.130. The van der Waals surface area contributed by atoms with Crippen LogP contribution in [0.4, 0.5) is 5.69 Å². The number of carbonyl (C=O) groups is 2. The Morgan fingerprint density at radius 1 is 0.943 bits per heavy atom. The van der Waals surface area contributed by atoms with Gasteiger partial charge >= 0.3 is 0 Å². The van der Waals surface area contributed by atoms with Crippen LogP contribution in [0.3, 0.4) is 0 Å². The number of hydrogen-bond donors (Lipinski definition) is 1. The molecule has 0 radical (unpaired) electrons. The summed E-state index contributed by atoms with van der Waals surface area (Å²) in [6, 6.07) is 24.7. The second-order valence-corrected chi connectivity index (χ2v) is 10.2. The highest BCUT2D eigenvalue weighted by Gasteiger charge is 2.35. The second kappa shape index (κ2) is 12.2. The van der Waals surface area contributed by atoms with E-state index in [0.717, 1.165) is 17.5 Å². The third kappa shape index (κ3) is 7.34. The second-order valence-electron chi connectivity index (χ2n) is 8.13. The topological polar surface area (TPSA) is 61.8 Å². The molecule has 1 atom stereocenters. The average Bonchev–Trinajstić information content (AvgIpc) is 2.85. The summed E-state index contributed by atoms with van der Waals surface area (Å²) >= 11 is 13.4. The minimum atomic E-state index is -0.539. The lowest BCUT2D eigenvalue weighted by Gasteiger charge is -2.32. The number of carbonyl (C=O) groups excluding carboxylic acids is 2. The van der Waals surface area contributed by atoms with Crippen LogP contribution in [0.5, 0.6) is 0 Å². The molecule has 2 amide bonds. The fourth-order valence-corrected chi connectivity index (χ4v) is 5.16. The number of amides is 2. The highest BCUT2D eigenvalue weighted by Crippen LogP contribution is 2.30. The van der Waals surface area contributed by atoms with Gasteiger partial charge < -0.3 is 5.32 Å². The fourth-order valence-electron chi connectivity index (χ4n) is 3.70. The Kier molecular flexibility index (Phi) is 8.85. The fraction of sp³-hybridized carbons (Fsp3) is 0.222. The molecule has 1 aliphatic heterocycles. The van der Waals surface area contributed by atoms with Gasteiger partial charge in [-0.2, -0.15) is 0 Å². The number of rotatable bonds is 8. The molecule has 1 N–H and O–H groups in total. The average molecular weight is 526 g/mol. The maximum Gasteiger partial charge on any atom is 0.234 e. The first-order valence-corrected chi connectivity index (χ1v) is 13.0. The van der Waals surface area contributed by atoms with Gasteiger partial charge in [0.2, 0.25) is 11.8 Å². The van der Waals surface area contributed by atoms with E-state index in [-0.39, 0.29) is 18.2 Å². The smallest absolute Gasteiger partial charge is 0.234 e. The van der Waals surface area contributed by atoms with Crippen molar-refractivity contribution in [3.05, 3.63) is 100 Å². The van der Waals surface area contributed by atoms with Crippen LogP contribution in [-0.2, 0) is 22.4 Å². The summed E-state index contributed by atoms with van der Waals surface area (Å²) in [7, 11) is 0. The van der Waals surface area contributed by atoms with E-state index in [2.05, 4.69) is 5.32 Å². The van der Waals surface area contributed by atoms with Crippen molar-refractivity contribution in [3.8, 4) is 0 Å². The Morgan fingerprint density at radius 2 is 1.69 bits per heavy atom. The molecule has 3 aromatic carbocycles. The Bertz CT molecular complexity index is 1200. The van der Waals surface area contributed by atoms with Crippen molar-refractivity contribution in [3.63, 3.8) is 0 Å². The highest BCUT2D eigenvalue weighted by atomic mass is 35.5. The lowest BCUT2D eigenvalue weighted by Crippen LogP contribution is -2.47. The third-order valence-electron chi connectivity index (χ3n) is 5.56. The molecule has 35 heavy (non-hydrogen) atoms. The lowest BCUT2D eigenvalue weighted by atomic mass is 10.1. The molecule has 0 aliphatic carbocycles. The first kappa shape index (κ1) is 25.3. The Labute approximate surface area is 219 Å². The van der Waals surface area contributed by atoms with E-state index < -0.39 is 5.25 Å². The molecule has 0 spiro atoms. The molecule has 0 bridgehead atoms. The highest BCUT2D eigenvalue weighted by molar-refractivity contribution is 8.15. The zero-order chi connectivity index (χ0) is 24.6. The molecule has 1 unspecified atom stereocenters. The van der Waals surface area contributed by atoms with Crippen LogP contribution in [0, 0.1) is 0 Å². The number of halogens is 2. The molecule has 3 aromatic rings. The summed E-state index contributed by atoms with van der Waals surface area (Å²) < 4.78 is 0. The summed E-state index contributed by atoms with van der Waals surface area (Å²) in [6.07, 6.45) is 1.50. The largest absolute Gasteiger partial charge is 0.355 e. The number of nitrogens with one attached hydrogen (secondary N) is 1. The van der Waals surface area contributed by atoms with Gasteiger partial charge in [0, 0.05) is 29.6 Å². The summed E-state index contributed by atoms with van der Waals surface area (Å²) in [4.78, 5) is 32.4. The number of hydrogen-bond acceptors (Lipinski definition) is 4. The van der Waals surface area contributed by atoms with Gasteiger partial charge in [0.05, 0.1) is 10.9 Å². The first-order valence-electron chi connectivity index (χ1n) is 11.4. The Hall–Kier alpha value is -2.80. The predicted molar refractivity (Wildman–Crippen MR) is 145 cm³/mol. The van der Waals surface area contributed by atoms with E-state index in [1.807, 2.05) is 66.7 Å². The molecule has 1 saturated heterocycles. The van der Waals surface area contributed by atoms with Crippen LogP contribution in [0.2, 0.25) is 10.0 Å². The van der Waals surface area contributed by atoms with E-state index in [1.165, 1.54) is 11.8 Å². The minimum Gasteiger partial charge on any atom is -0.355 e. The first-order chi connectivity index (χ1) is 17.0. The van der Waals surface area contributed by atoms with Crippen molar-refractivity contribution in [1.82, 2.24) is 10.2 Å². The Balaban J connectivity index is 1.46. The van der Waals surface area contributed by atoms with Crippen molar-refractivity contribution in [2.75, 3.05) is 13.1 Å². The normalized spacial score (nSPS) is 17.0. The number of nitrogens with zero attached hydrogens (tertiary/aromatic N) is 2. The molecule has 0 saturated carbocycles. The van der Waals surface area contributed by atoms with Gasteiger partial charge in [-0.25, -0.2) is 4.99 Å². The van der Waals surface area contributed by atoms with Gasteiger partial charge in [-0.1, -0.05) is 83.5 Å². The van der Waals surface area contributed by atoms with Gasteiger partial charge in [-0.3, -0.25) is 14.5 Å². The Morgan fingerprint density at radius 3 is 2.43 bits per heavy atom. The van der Waals surface area contributed by atoms with Gasteiger partial charge in [-0.15, -0.1) is 0 Å². The molecule has 5 nitrogen and oxygen atoms in total. The van der Waals surface area contributed by atoms with Gasteiger partial charge in [-0.05, 0) is 54.3 Å². The van der Waals surface area contributed by atoms with Crippen molar-refractivity contribution < 1.29 is 9.59 Å². The van der Waals surface area contributed by atoms with Crippen LogP contribution in [0.25, 0.3) is 0 Å². The number of amidine groups is 1. The molecule has 1 fully saturated rings. The third-order valence-corrected chi connectivity index (χ3v) is 7.23. The van der Waals surface area contributed by atoms with Crippen LogP contribution in [0.1, 0.15) is 17.5 Å². The maximum atomic E-state index is 13.2. The van der Waals surface area contributed by atoms with Gasteiger partial charge in [0.15, 0.2) is 5.17 Å². The molecule has 1 aliphatic rings. The monoisotopic (exact) mass is 525 g/mol. The SMILES string of the molecule is O=C(NCCc1ccccc1)C1CC(=O)N(CCc2ccc(Cl)cc2)C(=Nc2cccc(Cl)c2)S1. The molecule has 4 rings (SSSR count). The van der Waals surface area contributed by atoms with E-state index in [0.29, 0.717) is 40.4 Å². The summed E-state index contributed by atoms with van der Waals surface area (Å²) in [5, 5.41) is 4.16. The summed E-state index contributed by atoms with van der Waals surface area (Å²) in [5.41, 5.74) is 2.85. The maximum absolute atomic E-state index is 13.2. The van der Waals surface area contributed by atoms with E-state index in [1.54, 1.807) is 17.0 Å². The molecular formula is C27H25Cl2N3O2S. The summed E-state index contributed by atoms with van der Waals surface area (Å²) in [5.74, 6) is -0.280. The number of aliphatic imine (C=N–C) groups is 1. The van der Waals surface area contributed by atoms with Crippen LogP contribution < -0.4 is 5.32 Å². The zero-order valence-corrected chi connectivity index (χ0v) is 21.3. The molecule has 180 valence electrons. The van der Waals surface area contributed by atoms with E-state index in [9.17, 15) is 9.59 Å². The molecular weight excluding hydrogens is 501 g/mol. The minimum absolute atomic E-state index is 0.122. The van der Waals surface area contributed by atoms with Crippen LogP contribution in [0.15, 0.2) is 83.9 Å². The van der Waals surface area contributed by atoms with Crippen molar-refractivity contribution in [1.29, 1.82) is 0 Å². The standard InChI is InChI=1S/C27H25Cl2N3O2S/c28-21-11-9-20(10-12-21)14-16-32-25(33)18-24(26(34)30-15-13-19-5-2-1-3-6-19)35-27(32)31-23-8-4-7-22(29)17-23/h1-12,17,24H,13-16,18H2,(H,30,34). The molecule has 1 heterocycles. The summed E-state index contributed by atoms with van der Waals surface area (Å²) in [6.45, 7) is 0.963. The predicted octanol–water partition coefficient (Wildman–Crippen LogP) is 5.92. The number of thioether (sulfide) groups is 1. The van der Waals surface area contributed by atoms with Gasteiger partial charge in [0.25, 0.3) is 0 Å². The van der Waals surface area contributed by atoms with E-state index in [4.69, 9.17) is 28.2 Å². The zero-order valence-electron chi connectivity index (χ0n) is 19.0.